The summed E-state index contributed by atoms with van der Waals surface area (Å²) in [7, 11) is 1.77. The number of rotatable bonds is 6. The first-order valence-electron chi connectivity index (χ1n) is 6.38. The van der Waals surface area contributed by atoms with Crippen LogP contribution in [0.25, 0.3) is 0 Å². The topological polar surface area (TPSA) is 52.6 Å². The van der Waals surface area contributed by atoms with Crippen LogP contribution in [0.5, 0.6) is 0 Å². The summed E-state index contributed by atoms with van der Waals surface area (Å²) in [5.41, 5.74) is -0.354. The van der Waals surface area contributed by atoms with E-state index in [0.29, 0.717) is 11.7 Å². The monoisotopic (exact) mass is 266 g/mol. The SMILES string of the molecule is CN(CC(C)(NC1CC1)C(=O)O)c1cccc(F)c1. The van der Waals surface area contributed by atoms with Gasteiger partial charge in [-0.25, -0.2) is 4.39 Å². The Hall–Kier alpha value is -1.62. The summed E-state index contributed by atoms with van der Waals surface area (Å²) in [5.74, 6) is -1.21. The van der Waals surface area contributed by atoms with Crippen LogP contribution in [0.2, 0.25) is 0 Å². The average molecular weight is 266 g/mol. The molecule has 19 heavy (non-hydrogen) atoms. The first-order valence-corrected chi connectivity index (χ1v) is 6.38. The van der Waals surface area contributed by atoms with Crippen molar-refractivity contribution in [2.45, 2.75) is 31.3 Å². The minimum atomic E-state index is -1.03. The number of hydrogen-bond acceptors (Lipinski definition) is 3. The van der Waals surface area contributed by atoms with E-state index < -0.39 is 11.5 Å². The predicted octanol–water partition coefficient (Wildman–Crippen LogP) is 1.86. The molecule has 2 N–H and O–H groups in total. The molecule has 5 heteroatoms. The highest BCUT2D eigenvalue weighted by molar-refractivity contribution is 5.79. The number of carboxylic acid groups (broad SMARTS) is 1. The van der Waals surface area contributed by atoms with Crippen molar-refractivity contribution in [2.24, 2.45) is 0 Å². The van der Waals surface area contributed by atoms with Crippen LogP contribution in [0, 0.1) is 5.82 Å². The van der Waals surface area contributed by atoms with E-state index in [0.717, 1.165) is 12.8 Å². The van der Waals surface area contributed by atoms with Crippen molar-refractivity contribution in [2.75, 3.05) is 18.5 Å². The Morgan fingerprint density at radius 2 is 2.26 bits per heavy atom. The zero-order chi connectivity index (χ0) is 14.0. The Morgan fingerprint density at radius 1 is 1.58 bits per heavy atom. The summed E-state index contributed by atoms with van der Waals surface area (Å²) in [6.45, 7) is 1.95. The number of halogens is 1. The van der Waals surface area contributed by atoms with Gasteiger partial charge in [0, 0.05) is 25.3 Å². The Morgan fingerprint density at radius 3 is 2.79 bits per heavy atom. The molecule has 1 atom stereocenters. The maximum absolute atomic E-state index is 13.2. The normalized spacial score (nSPS) is 17.8. The van der Waals surface area contributed by atoms with Crippen LogP contribution in [0.4, 0.5) is 10.1 Å². The molecule has 1 saturated carbocycles. The lowest BCUT2D eigenvalue weighted by Crippen LogP contribution is -2.57. The van der Waals surface area contributed by atoms with Crippen LogP contribution in [-0.4, -0.2) is 36.2 Å². The summed E-state index contributed by atoms with van der Waals surface area (Å²) in [4.78, 5) is 13.2. The number of anilines is 1. The molecule has 1 aliphatic rings. The van der Waals surface area contributed by atoms with Gasteiger partial charge in [-0.3, -0.25) is 10.1 Å². The minimum Gasteiger partial charge on any atom is -0.480 e. The van der Waals surface area contributed by atoms with Crippen molar-refractivity contribution in [1.29, 1.82) is 0 Å². The third kappa shape index (κ3) is 3.44. The standard InChI is InChI=1S/C14H19FN2O2/c1-14(13(18)19,16-11-6-7-11)9-17(2)12-5-3-4-10(15)8-12/h3-5,8,11,16H,6-7,9H2,1-2H3,(H,18,19). The van der Waals surface area contributed by atoms with Crippen LogP contribution in [-0.2, 0) is 4.79 Å². The predicted molar refractivity (Wildman–Crippen MR) is 71.9 cm³/mol. The molecule has 0 spiro atoms. The van der Waals surface area contributed by atoms with Gasteiger partial charge < -0.3 is 10.0 Å². The Kier molecular flexibility index (Phi) is 3.75. The summed E-state index contributed by atoms with van der Waals surface area (Å²) in [5, 5.41) is 12.5. The fraction of sp³-hybridized carbons (Fsp3) is 0.500. The van der Waals surface area contributed by atoms with E-state index in [4.69, 9.17) is 0 Å². The van der Waals surface area contributed by atoms with Crippen molar-refractivity contribution in [3.63, 3.8) is 0 Å². The summed E-state index contributed by atoms with van der Waals surface area (Å²) >= 11 is 0. The molecular weight excluding hydrogens is 247 g/mol. The highest BCUT2D eigenvalue weighted by Gasteiger charge is 2.39. The third-order valence-electron chi connectivity index (χ3n) is 3.37. The molecule has 4 nitrogen and oxygen atoms in total. The van der Waals surface area contributed by atoms with Gasteiger partial charge in [0.15, 0.2) is 0 Å². The zero-order valence-corrected chi connectivity index (χ0v) is 11.2. The number of hydrogen-bond donors (Lipinski definition) is 2. The molecule has 104 valence electrons. The highest BCUT2D eigenvalue weighted by atomic mass is 19.1. The molecule has 1 aliphatic carbocycles. The van der Waals surface area contributed by atoms with E-state index >= 15 is 0 Å². The number of aliphatic carboxylic acids is 1. The van der Waals surface area contributed by atoms with E-state index in [1.807, 2.05) is 0 Å². The number of nitrogens with one attached hydrogen (secondary N) is 1. The largest absolute Gasteiger partial charge is 0.480 e. The van der Waals surface area contributed by atoms with E-state index in [-0.39, 0.29) is 12.4 Å². The molecule has 1 unspecified atom stereocenters. The summed E-state index contributed by atoms with van der Waals surface area (Å²) < 4.78 is 13.2. The molecule has 1 aromatic carbocycles. The fourth-order valence-corrected chi connectivity index (χ4v) is 2.13. The molecule has 0 radical (unpaired) electrons. The van der Waals surface area contributed by atoms with Crippen LogP contribution in [0.1, 0.15) is 19.8 Å². The molecule has 1 fully saturated rings. The Balaban J connectivity index is 2.09. The lowest BCUT2D eigenvalue weighted by molar-refractivity contribution is -0.143. The molecule has 0 aromatic heterocycles. The molecule has 0 aliphatic heterocycles. The van der Waals surface area contributed by atoms with Crippen LogP contribution in [0.15, 0.2) is 24.3 Å². The molecule has 0 amide bonds. The lowest BCUT2D eigenvalue weighted by atomic mass is 10.0. The van der Waals surface area contributed by atoms with Crippen molar-refractivity contribution < 1.29 is 14.3 Å². The number of carbonyl (C=O) groups is 1. The van der Waals surface area contributed by atoms with Gasteiger partial charge in [0.25, 0.3) is 0 Å². The van der Waals surface area contributed by atoms with E-state index in [1.54, 1.807) is 31.0 Å². The second-order valence-electron chi connectivity index (χ2n) is 5.39. The van der Waals surface area contributed by atoms with E-state index in [2.05, 4.69) is 5.32 Å². The first-order chi connectivity index (χ1) is 8.90. The highest BCUT2D eigenvalue weighted by Crippen LogP contribution is 2.24. The van der Waals surface area contributed by atoms with Gasteiger partial charge in [0.1, 0.15) is 11.4 Å². The number of carboxylic acids is 1. The number of likely N-dealkylation sites (N-methyl/N-ethyl adjacent to an activating group) is 1. The van der Waals surface area contributed by atoms with Gasteiger partial charge in [0.05, 0.1) is 0 Å². The van der Waals surface area contributed by atoms with Crippen molar-refractivity contribution in [1.82, 2.24) is 5.32 Å². The summed E-state index contributed by atoms with van der Waals surface area (Å²) in [6.07, 6.45) is 2.04. The van der Waals surface area contributed by atoms with E-state index in [1.165, 1.54) is 12.1 Å². The third-order valence-corrected chi connectivity index (χ3v) is 3.37. The van der Waals surface area contributed by atoms with E-state index in [9.17, 15) is 14.3 Å². The molecule has 0 heterocycles. The van der Waals surface area contributed by atoms with Crippen LogP contribution < -0.4 is 10.2 Å². The van der Waals surface area contributed by atoms with Gasteiger partial charge >= 0.3 is 5.97 Å². The number of nitrogens with zero attached hydrogens (tertiary/aromatic N) is 1. The van der Waals surface area contributed by atoms with Crippen LogP contribution >= 0.6 is 0 Å². The van der Waals surface area contributed by atoms with Gasteiger partial charge in [-0.2, -0.15) is 0 Å². The zero-order valence-electron chi connectivity index (χ0n) is 11.2. The maximum atomic E-state index is 13.2. The molecule has 2 rings (SSSR count). The van der Waals surface area contributed by atoms with Crippen molar-refractivity contribution in [3.8, 4) is 0 Å². The van der Waals surface area contributed by atoms with Gasteiger partial charge in [-0.15, -0.1) is 0 Å². The lowest BCUT2D eigenvalue weighted by Gasteiger charge is -2.32. The first kappa shape index (κ1) is 13.8. The molecule has 0 saturated heterocycles. The Labute approximate surface area is 112 Å². The fourth-order valence-electron chi connectivity index (χ4n) is 2.13. The second kappa shape index (κ2) is 5.17. The smallest absolute Gasteiger partial charge is 0.325 e. The van der Waals surface area contributed by atoms with Crippen LogP contribution in [0.3, 0.4) is 0 Å². The van der Waals surface area contributed by atoms with Gasteiger partial charge in [0.2, 0.25) is 0 Å². The van der Waals surface area contributed by atoms with Gasteiger partial charge in [-0.05, 0) is 38.0 Å². The van der Waals surface area contributed by atoms with Crippen molar-refractivity contribution >= 4 is 11.7 Å². The number of benzene rings is 1. The maximum Gasteiger partial charge on any atom is 0.325 e. The summed E-state index contributed by atoms with van der Waals surface area (Å²) in [6, 6.07) is 6.45. The van der Waals surface area contributed by atoms with Gasteiger partial charge in [-0.1, -0.05) is 6.07 Å². The molecule has 1 aromatic rings. The minimum absolute atomic E-state index is 0.280. The van der Waals surface area contributed by atoms with Crippen molar-refractivity contribution in [3.05, 3.63) is 30.1 Å². The Bertz CT molecular complexity index is 476. The average Bonchev–Trinajstić information content (AvgIpc) is 3.12. The second-order valence-corrected chi connectivity index (χ2v) is 5.39. The molecular formula is C14H19FN2O2. The molecule has 0 bridgehead atoms. The quantitative estimate of drug-likeness (QED) is 0.825.